The molecule has 1 amide bonds. The van der Waals surface area contributed by atoms with Gasteiger partial charge in [0, 0.05) is 37.2 Å². The highest BCUT2D eigenvalue weighted by molar-refractivity contribution is 7.07. The largest absolute Gasteiger partial charge is 0.461 e. The second-order valence-corrected chi connectivity index (χ2v) is 9.06. The molecule has 1 unspecified atom stereocenters. The van der Waals surface area contributed by atoms with Crippen molar-refractivity contribution in [1.29, 1.82) is 0 Å². The molecule has 162 valence electrons. The van der Waals surface area contributed by atoms with Crippen molar-refractivity contribution in [2.75, 3.05) is 26.4 Å². The molecule has 1 fully saturated rings. The van der Waals surface area contributed by atoms with Gasteiger partial charge in [-0.15, -0.1) is 11.3 Å². The zero-order valence-electron chi connectivity index (χ0n) is 17.5. The Labute approximate surface area is 180 Å². The molecule has 2 aliphatic heterocycles. The van der Waals surface area contributed by atoms with E-state index in [9.17, 15) is 9.59 Å². The molecule has 1 N–H and O–H groups in total. The number of rotatable bonds is 6. The number of hydrogen-bond donors (Lipinski definition) is 1. The quantitative estimate of drug-likeness (QED) is 0.705. The number of esters is 1. The van der Waals surface area contributed by atoms with Gasteiger partial charge in [0.25, 0.3) is 5.91 Å². The van der Waals surface area contributed by atoms with E-state index in [0.717, 1.165) is 43.7 Å². The number of nitrogens with zero attached hydrogens (tertiary/aromatic N) is 3. The molecule has 2 aromatic rings. The Kier molecular flexibility index (Phi) is 6.19. The van der Waals surface area contributed by atoms with Crippen molar-refractivity contribution in [1.82, 2.24) is 20.1 Å². The van der Waals surface area contributed by atoms with Crippen molar-refractivity contribution < 1.29 is 19.1 Å². The molecule has 0 radical (unpaired) electrons. The van der Waals surface area contributed by atoms with Crippen LogP contribution in [0.5, 0.6) is 0 Å². The number of amides is 1. The highest BCUT2D eigenvalue weighted by Gasteiger charge is 2.39. The molecule has 2 aliphatic rings. The fraction of sp³-hybridized carbons (Fsp3) is 0.619. The summed E-state index contributed by atoms with van der Waals surface area (Å²) < 4.78 is 12.8. The van der Waals surface area contributed by atoms with Crippen molar-refractivity contribution in [2.24, 2.45) is 11.3 Å². The zero-order chi connectivity index (χ0) is 21.1. The summed E-state index contributed by atoms with van der Waals surface area (Å²) in [5.41, 5.74) is 4.65. The molecule has 4 rings (SSSR count). The molecular formula is C21H28N4O4S. The van der Waals surface area contributed by atoms with E-state index in [1.807, 2.05) is 18.5 Å². The normalized spacial score (nSPS) is 19.1. The lowest BCUT2D eigenvalue weighted by atomic mass is 9.75. The van der Waals surface area contributed by atoms with Gasteiger partial charge in [0.05, 0.1) is 17.8 Å². The standard InChI is InChI=1S/C21H28N4O4S/c1-3-25-18-15(9-21(12-22-19(18)26)4-6-28-7-5-21)16(24-25)8-14(2)10-29-20(27)17-11-30-13-23-17/h11,13-14H,3-10,12H2,1-2H3,(H,22,26). The number of aryl methyl sites for hydroxylation is 1. The summed E-state index contributed by atoms with van der Waals surface area (Å²) in [6, 6.07) is 0. The maximum absolute atomic E-state index is 12.9. The Morgan fingerprint density at radius 3 is 2.93 bits per heavy atom. The van der Waals surface area contributed by atoms with Crippen molar-refractivity contribution >= 4 is 23.2 Å². The average Bonchev–Trinajstić information content (AvgIpc) is 3.37. The van der Waals surface area contributed by atoms with Crippen LogP contribution in [-0.4, -0.2) is 53.0 Å². The summed E-state index contributed by atoms with van der Waals surface area (Å²) in [4.78, 5) is 28.9. The number of carbonyl (C=O) groups is 2. The Morgan fingerprint density at radius 1 is 1.43 bits per heavy atom. The molecule has 2 aromatic heterocycles. The van der Waals surface area contributed by atoms with E-state index < -0.39 is 5.97 Å². The third kappa shape index (κ3) is 4.27. The van der Waals surface area contributed by atoms with Crippen LogP contribution >= 0.6 is 11.3 Å². The molecule has 0 aliphatic carbocycles. The number of nitrogens with one attached hydrogen (secondary N) is 1. The second-order valence-electron chi connectivity index (χ2n) is 8.34. The summed E-state index contributed by atoms with van der Waals surface area (Å²) in [6.45, 7) is 7.09. The van der Waals surface area contributed by atoms with E-state index in [4.69, 9.17) is 14.6 Å². The minimum absolute atomic E-state index is 0.0236. The number of fused-ring (bicyclic) bond motifs is 1. The van der Waals surface area contributed by atoms with Crippen molar-refractivity contribution in [3.63, 3.8) is 0 Å². The minimum atomic E-state index is -0.401. The molecule has 1 spiro atoms. The Hall–Kier alpha value is -2.26. The van der Waals surface area contributed by atoms with Crippen LogP contribution in [0.15, 0.2) is 10.9 Å². The van der Waals surface area contributed by atoms with Gasteiger partial charge < -0.3 is 14.8 Å². The molecule has 1 atom stereocenters. The first-order valence-corrected chi connectivity index (χ1v) is 11.5. The van der Waals surface area contributed by atoms with Crippen molar-refractivity contribution in [3.8, 4) is 0 Å². The Morgan fingerprint density at radius 2 is 2.23 bits per heavy atom. The van der Waals surface area contributed by atoms with Gasteiger partial charge in [-0.2, -0.15) is 5.10 Å². The zero-order valence-corrected chi connectivity index (χ0v) is 18.3. The van der Waals surface area contributed by atoms with E-state index in [0.29, 0.717) is 30.9 Å². The van der Waals surface area contributed by atoms with Gasteiger partial charge in [0.2, 0.25) is 0 Å². The first-order chi connectivity index (χ1) is 14.5. The third-order valence-electron chi connectivity index (χ3n) is 6.06. The van der Waals surface area contributed by atoms with Crippen LogP contribution in [0.25, 0.3) is 0 Å². The first-order valence-electron chi connectivity index (χ1n) is 10.5. The molecule has 0 bridgehead atoms. The Bertz CT molecular complexity index is 903. The van der Waals surface area contributed by atoms with Gasteiger partial charge in [-0.1, -0.05) is 6.92 Å². The molecule has 1 saturated heterocycles. The van der Waals surface area contributed by atoms with E-state index in [1.165, 1.54) is 11.3 Å². The lowest BCUT2D eigenvalue weighted by Crippen LogP contribution is -2.40. The van der Waals surface area contributed by atoms with E-state index >= 15 is 0 Å². The highest BCUT2D eigenvalue weighted by atomic mass is 32.1. The highest BCUT2D eigenvalue weighted by Crippen LogP contribution is 2.38. The maximum Gasteiger partial charge on any atom is 0.357 e. The lowest BCUT2D eigenvalue weighted by molar-refractivity contribution is 0.0160. The fourth-order valence-corrected chi connectivity index (χ4v) is 4.84. The van der Waals surface area contributed by atoms with Gasteiger partial charge in [-0.25, -0.2) is 9.78 Å². The first kappa shape index (κ1) is 21.0. The third-order valence-corrected chi connectivity index (χ3v) is 6.65. The summed E-state index contributed by atoms with van der Waals surface area (Å²) in [6.07, 6.45) is 3.35. The van der Waals surface area contributed by atoms with Gasteiger partial charge in [-0.3, -0.25) is 9.48 Å². The maximum atomic E-state index is 12.9. The average molecular weight is 433 g/mol. The number of ether oxygens (including phenoxy) is 2. The molecule has 0 saturated carbocycles. The van der Waals surface area contributed by atoms with Crippen LogP contribution in [-0.2, 0) is 28.9 Å². The van der Waals surface area contributed by atoms with E-state index in [2.05, 4.69) is 10.3 Å². The monoisotopic (exact) mass is 432 g/mol. The SMILES string of the molecule is CCn1nc(CC(C)COC(=O)c2cscn2)c2c1C(=O)NCC1(CCOCC1)C2. The van der Waals surface area contributed by atoms with E-state index in [1.54, 1.807) is 10.9 Å². The number of aromatic nitrogens is 3. The predicted octanol–water partition coefficient (Wildman–Crippen LogP) is 2.48. The van der Waals surface area contributed by atoms with Gasteiger partial charge in [-0.05, 0) is 43.9 Å². The van der Waals surface area contributed by atoms with Crippen LogP contribution in [0.3, 0.4) is 0 Å². The van der Waals surface area contributed by atoms with Crippen LogP contribution in [0.4, 0.5) is 0 Å². The number of hydrogen-bond acceptors (Lipinski definition) is 7. The van der Waals surface area contributed by atoms with Gasteiger partial charge in [0.1, 0.15) is 5.69 Å². The number of thiazole rings is 1. The van der Waals surface area contributed by atoms with E-state index in [-0.39, 0.29) is 23.8 Å². The van der Waals surface area contributed by atoms with Crippen molar-refractivity contribution in [2.45, 2.75) is 46.1 Å². The van der Waals surface area contributed by atoms with Gasteiger partial charge >= 0.3 is 5.97 Å². The number of carbonyl (C=O) groups excluding carboxylic acids is 2. The summed E-state index contributed by atoms with van der Waals surface area (Å²) in [7, 11) is 0. The molecule has 9 heteroatoms. The molecule has 4 heterocycles. The summed E-state index contributed by atoms with van der Waals surface area (Å²) >= 11 is 1.37. The smallest absolute Gasteiger partial charge is 0.357 e. The summed E-state index contributed by atoms with van der Waals surface area (Å²) in [5, 5.41) is 9.58. The van der Waals surface area contributed by atoms with Crippen LogP contribution in [0, 0.1) is 11.3 Å². The molecule has 8 nitrogen and oxygen atoms in total. The van der Waals surface area contributed by atoms with Crippen LogP contribution in [0.1, 0.15) is 58.9 Å². The molecule has 0 aromatic carbocycles. The van der Waals surface area contributed by atoms with Gasteiger partial charge in [0.15, 0.2) is 5.69 Å². The summed E-state index contributed by atoms with van der Waals surface area (Å²) in [5.74, 6) is -0.369. The topological polar surface area (TPSA) is 95.3 Å². The van der Waals surface area contributed by atoms with Crippen LogP contribution in [0.2, 0.25) is 0 Å². The minimum Gasteiger partial charge on any atom is -0.461 e. The fourth-order valence-electron chi connectivity index (χ4n) is 4.32. The Balaban J connectivity index is 1.52. The lowest BCUT2D eigenvalue weighted by Gasteiger charge is -2.36. The second kappa shape index (κ2) is 8.85. The molecule has 30 heavy (non-hydrogen) atoms. The molecular weight excluding hydrogens is 404 g/mol. The predicted molar refractivity (Wildman–Crippen MR) is 112 cm³/mol. The van der Waals surface area contributed by atoms with Crippen LogP contribution < -0.4 is 5.32 Å². The van der Waals surface area contributed by atoms with Crippen molar-refractivity contribution in [3.05, 3.63) is 33.5 Å².